The van der Waals surface area contributed by atoms with Crippen LogP contribution in [0.15, 0.2) is 42.1 Å². The zero-order valence-electron chi connectivity index (χ0n) is 15.8. The van der Waals surface area contributed by atoms with Gasteiger partial charge in [-0.25, -0.2) is 0 Å². The van der Waals surface area contributed by atoms with Crippen LogP contribution in [0.2, 0.25) is 5.02 Å². The van der Waals surface area contributed by atoms with Crippen LogP contribution in [0.25, 0.3) is 0 Å². The first-order valence-corrected chi connectivity index (χ1v) is 11.0. The van der Waals surface area contributed by atoms with E-state index in [1.165, 1.54) is 24.6 Å². The number of amides is 1. The molecule has 8 heteroatoms. The van der Waals surface area contributed by atoms with E-state index >= 15 is 0 Å². The zero-order chi connectivity index (χ0) is 19.5. The van der Waals surface area contributed by atoms with Crippen molar-refractivity contribution in [3.05, 3.63) is 47.8 Å². The van der Waals surface area contributed by atoms with Crippen molar-refractivity contribution < 1.29 is 4.79 Å². The summed E-state index contributed by atoms with van der Waals surface area (Å²) in [5, 5.41) is 10.2. The van der Waals surface area contributed by atoms with E-state index in [4.69, 9.17) is 11.6 Å². The Labute approximate surface area is 174 Å². The van der Waals surface area contributed by atoms with Crippen LogP contribution < -0.4 is 4.90 Å². The number of piperazine rings is 1. The summed E-state index contributed by atoms with van der Waals surface area (Å²) in [5.41, 5.74) is 1.11. The summed E-state index contributed by atoms with van der Waals surface area (Å²) in [5.74, 6) is 2.09. The van der Waals surface area contributed by atoms with Crippen molar-refractivity contribution in [2.24, 2.45) is 0 Å². The number of rotatable bonds is 7. The topological polar surface area (TPSA) is 54.3 Å². The molecule has 0 N–H and O–H groups in total. The molecule has 0 unspecified atom stereocenters. The summed E-state index contributed by atoms with van der Waals surface area (Å²) in [6.45, 7) is 7.59. The minimum Gasteiger partial charge on any atom is -0.368 e. The van der Waals surface area contributed by atoms with Gasteiger partial charge in [0.05, 0.1) is 5.75 Å². The number of aromatic nitrogens is 3. The highest BCUT2D eigenvalue weighted by Gasteiger charge is 2.30. The van der Waals surface area contributed by atoms with Crippen LogP contribution in [-0.2, 0) is 11.3 Å². The molecule has 28 heavy (non-hydrogen) atoms. The van der Waals surface area contributed by atoms with Crippen LogP contribution in [-0.4, -0.2) is 57.5 Å². The second-order valence-corrected chi connectivity index (χ2v) is 8.53. The Balaban J connectivity index is 1.31. The number of carbonyl (C=O) groups is 1. The highest BCUT2D eigenvalue weighted by Crippen LogP contribution is 2.40. The fourth-order valence-corrected chi connectivity index (χ4v) is 4.50. The lowest BCUT2D eigenvalue weighted by molar-refractivity contribution is -0.128. The Morgan fingerprint density at radius 1 is 1.25 bits per heavy atom. The summed E-state index contributed by atoms with van der Waals surface area (Å²) in [6.07, 6.45) is 4.21. The quantitative estimate of drug-likeness (QED) is 0.510. The molecule has 2 aliphatic rings. The van der Waals surface area contributed by atoms with Gasteiger partial charge in [-0.15, -0.1) is 16.8 Å². The maximum absolute atomic E-state index is 12.7. The van der Waals surface area contributed by atoms with Crippen molar-refractivity contribution in [3.63, 3.8) is 0 Å². The van der Waals surface area contributed by atoms with Gasteiger partial charge in [0.25, 0.3) is 0 Å². The SMILES string of the molecule is C=CCn1c(SCC(=O)N2CCN(c3cccc(Cl)c3)CC2)nnc1C1CC1. The summed E-state index contributed by atoms with van der Waals surface area (Å²) < 4.78 is 2.10. The molecule has 2 fully saturated rings. The van der Waals surface area contributed by atoms with Crippen molar-refractivity contribution in [2.75, 3.05) is 36.8 Å². The molecular weight excluding hydrogens is 394 g/mol. The van der Waals surface area contributed by atoms with Crippen LogP contribution in [0.3, 0.4) is 0 Å². The maximum Gasteiger partial charge on any atom is 0.233 e. The van der Waals surface area contributed by atoms with Gasteiger partial charge in [-0.3, -0.25) is 4.79 Å². The van der Waals surface area contributed by atoms with Crippen molar-refractivity contribution in [3.8, 4) is 0 Å². The highest BCUT2D eigenvalue weighted by molar-refractivity contribution is 7.99. The lowest BCUT2D eigenvalue weighted by Crippen LogP contribution is -2.49. The van der Waals surface area contributed by atoms with Crippen LogP contribution in [0, 0.1) is 0 Å². The molecule has 1 aromatic heterocycles. The second-order valence-electron chi connectivity index (χ2n) is 7.15. The lowest BCUT2D eigenvalue weighted by Gasteiger charge is -2.36. The summed E-state index contributed by atoms with van der Waals surface area (Å²) in [6, 6.07) is 7.87. The smallest absolute Gasteiger partial charge is 0.233 e. The number of hydrogen-bond donors (Lipinski definition) is 0. The molecule has 2 aromatic rings. The van der Waals surface area contributed by atoms with Gasteiger partial charge >= 0.3 is 0 Å². The minimum atomic E-state index is 0.150. The van der Waals surface area contributed by atoms with E-state index in [0.717, 1.165) is 47.9 Å². The van der Waals surface area contributed by atoms with E-state index in [9.17, 15) is 4.79 Å². The van der Waals surface area contributed by atoms with Gasteiger partial charge in [-0.2, -0.15) is 0 Å². The van der Waals surface area contributed by atoms with Gasteiger partial charge in [0.15, 0.2) is 5.16 Å². The second kappa shape index (κ2) is 8.57. The van der Waals surface area contributed by atoms with Crippen molar-refractivity contribution in [1.82, 2.24) is 19.7 Å². The number of carbonyl (C=O) groups excluding carboxylic acids is 1. The predicted molar refractivity (Wildman–Crippen MR) is 113 cm³/mol. The average Bonchev–Trinajstić information content (AvgIpc) is 3.48. The number of benzene rings is 1. The molecule has 0 bridgehead atoms. The largest absolute Gasteiger partial charge is 0.368 e. The molecule has 1 aromatic carbocycles. The third-order valence-corrected chi connectivity index (χ3v) is 6.32. The Morgan fingerprint density at radius 3 is 2.71 bits per heavy atom. The van der Waals surface area contributed by atoms with Crippen LogP contribution in [0.1, 0.15) is 24.6 Å². The van der Waals surface area contributed by atoms with Crippen LogP contribution in [0.5, 0.6) is 0 Å². The Morgan fingerprint density at radius 2 is 2.04 bits per heavy atom. The predicted octanol–water partition coefficient (Wildman–Crippen LogP) is 3.44. The van der Waals surface area contributed by atoms with Gasteiger partial charge in [-0.05, 0) is 31.0 Å². The van der Waals surface area contributed by atoms with E-state index in [0.29, 0.717) is 18.2 Å². The molecule has 4 rings (SSSR count). The molecule has 6 nitrogen and oxygen atoms in total. The molecule has 1 aliphatic heterocycles. The normalized spacial score (nSPS) is 17.0. The molecule has 1 amide bonds. The van der Waals surface area contributed by atoms with Crippen molar-refractivity contribution in [2.45, 2.75) is 30.5 Å². The zero-order valence-corrected chi connectivity index (χ0v) is 17.3. The molecule has 1 saturated carbocycles. The fraction of sp³-hybridized carbons (Fsp3) is 0.450. The van der Waals surface area contributed by atoms with Crippen LogP contribution in [0.4, 0.5) is 5.69 Å². The first-order valence-electron chi connectivity index (χ1n) is 9.61. The highest BCUT2D eigenvalue weighted by atomic mass is 35.5. The Kier molecular flexibility index (Phi) is 5.92. The first kappa shape index (κ1) is 19.3. The van der Waals surface area contributed by atoms with E-state index < -0.39 is 0 Å². The minimum absolute atomic E-state index is 0.150. The number of allylic oxidation sites excluding steroid dienone is 1. The van der Waals surface area contributed by atoms with E-state index in [-0.39, 0.29) is 5.91 Å². The molecule has 0 spiro atoms. The van der Waals surface area contributed by atoms with Gasteiger partial charge < -0.3 is 14.4 Å². The van der Waals surface area contributed by atoms with Gasteiger partial charge in [0, 0.05) is 49.4 Å². The standard InChI is InChI=1S/C20H24ClN5OS/c1-2-8-26-19(15-6-7-15)22-23-20(26)28-14-18(27)25-11-9-24(10-12-25)17-5-3-4-16(21)13-17/h2-5,13,15H,1,6-12,14H2. The number of hydrogen-bond acceptors (Lipinski definition) is 5. The molecule has 0 atom stereocenters. The maximum atomic E-state index is 12.7. The summed E-state index contributed by atoms with van der Waals surface area (Å²) in [4.78, 5) is 16.9. The Hall–Kier alpha value is -1.99. The molecule has 148 valence electrons. The number of anilines is 1. The van der Waals surface area contributed by atoms with E-state index in [1.807, 2.05) is 29.2 Å². The number of thioether (sulfide) groups is 1. The van der Waals surface area contributed by atoms with Gasteiger partial charge in [-0.1, -0.05) is 35.5 Å². The molecule has 2 heterocycles. The molecule has 1 saturated heterocycles. The lowest BCUT2D eigenvalue weighted by atomic mass is 10.2. The molecule has 1 aliphatic carbocycles. The molecular formula is C20H24ClN5OS. The summed E-state index contributed by atoms with van der Waals surface area (Å²) >= 11 is 7.56. The van der Waals surface area contributed by atoms with Gasteiger partial charge in [0.2, 0.25) is 5.91 Å². The monoisotopic (exact) mass is 417 g/mol. The number of nitrogens with zero attached hydrogens (tertiary/aromatic N) is 5. The number of halogens is 1. The van der Waals surface area contributed by atoms with Crippen molar-refractivity contribution in [1.29, 1.82) is 0 Å². The molecule has 0 radical (unpaired) electrons. The van der Waals surface area contributed by atoms with Crippen LogP contribution >= 0.6 is 23.4 Å². The van der Waals surface area contributed by atoms with Crippen molar-refractivity contribution >= 4 is 35.0 Å². The van der Waals surface area contributed by atoms with E-state index in [1.54, 1.807) is 0 Å². The average molecular weight is 418 g/mol. The summed E-state index contributed by atoms with van der Waals surface area (Å²) in [7, 11) is 0. The fourth-order valence-electron chi connectivity index (χ4n) is 3.46. The van der Waals surface area contributed by atoms with Gasteiger partial charge in [0.1, 0.15) is 5.82 Å². The Bertz CT molecular complexity index is 858. The third kappa shape index (κ3) is 4.36. The van der Waals surface area contributed by atoms with E-state index in [2.05, 4.69) is 32.3 Å². The third-order valence-electron chi connectivity index (χ3n) is 5.13. The first-order chi connectivity index (χ1) is 13.7.